The fraction of sp³-hybridized carbons (Fsp3) is 0.429. The van der Waals surface area contributed by atoms with E-state index in [0.29, 0.717) is 6.54 Å². The van der Waals surface area contributed by atoms with E-state index in [-0.39, 0.29) is 11.6 Å². The van der Waals surface area contributed by atoms with Gasteiger partial charge < -0.3 is 5.41 Å². The highest BCUT2D eigenvalue weighted by atomic mass is 32.2. The second-order valence-electron chi connectivity index (χ2n) is 6.92. The maximum absolute atomic E-state index is 10.0. The van der Waals surface area contributed by atoms with Crippen molar-refractivity contribution in [3.05, 3.63) is 41.5 Å². The topological polar surface area (TPSA) is 98.5 Å². The molecule has 1 aromatic rings. The van der Waals surface area contributed by atoms with Crippen molar-refractivity contribution < 1.29 is 0 Å². The van der Waals surface area contributed by atoms with Crippen LogP contribution in [0.1, 0.15) is 18.4 Å². The molecule has 1 unspecified atom stereocenters. The first-order chi connectivity index (χ1) is 13.1. The first kappa shape index (κ1) is 19.2. The minimum absolute atomic E-state index is 0.0820. The van der Waals surface area contributed by atoms with Crippen molar-refractivity contribution in [2.75, 3.05) is 25.9 Å². The van der Waals surface area contributed by atoms with E-state index in [1.807, 2.05) is 36.6 Å². The molecule has 1 N–H and O–H groups in total. The van der Waals surface area contributed by atoms with E-state index < -0.39 is 17.3 Å². The van der Waals surface area contributed by atoms with E-state index in [4.69, 9.17) is 5.41 Å². The van der Waals surface area contributed by atoms with Crippen LogP contribution in [-0.4, -0.2) is 36.5 Å². The monoisotopic (exact) mass is 375 g/mol. The molecular formula is C21H21N5S. The highest BCUT2D eigenvalue weighted by Crippen LogP contribution is 2.53. The van der Waals surface area contributed by atoms with E-state index >= 15 is 0 Å². The van der Waals surface area contributed by atoms with Gasteiger partial charge in [-0.1, -0.05) is 25.1 Å². The fourth-order valence-electron chi connectivity index (χ4n) is 4.31. The Balaban J connectivity index is 2.21. The first-order valence-electron chi connectivity index (χ1n) is 8.93. The van der Waals surface area contributed by atoms with Crippen LogP contribution < -0.4 is 0 Å². The van der Waals surface area contributed by atoms with Crippen LogP contribution in [0.3, 0.4) is 0 Å². The summed E-state index contributed by atoms with van der Waals surface area (Å²) in [5, 5.41) is 38.3. The number of hydrogen-bond acceptors (Lipinski definition) is 6. The summed E-state index contributed by atoms with van der Waals surface area (Å²) in [4.78, 5) is 3.36. The molecule has 5 nitrogen and oxygen atoms in total. The van der Waals surface area contributed by atoms with Gasteiger partial charge in [-0.15, -0.1) is 11.8 Å². The Morgan fingerprint density at radius 2 is 1.89 bits per heavy atom. The molecule has 1 aromatic carbocycles. The van der Waals surface area contributed by atoms with Crippen LogP contribution in [-0.2, 0) is 0 Å². The number of nitriles is 3. The Labute approximate surface area is 164 Å². The quantitative estimate of drug-likeness (QED) is 0.643. The van der Waals surface area contributed by atoms with E-state index in [2.05, 4.69) is 30.0 Å². The van der Waals surface area contributed by atoms with E-state index in [0.717, 1.165) is 29.1 Å². The normalized spacial score (nSPS) is 26.9. The lowest BCUT2D eigenvalue weighted by Crippen LogP contribution is -2.52. The SMILES string of the molecule is CCN1CC=C2C(C#N)C(=N)C(C#N)(C#N)[C@@H](c3ccc(SC)cc3)[C@@H]2C1. The maximum Gasteiger partial charge on any atom is 0.189 e. The molecular weight excluding hydrogens is 354 g/mol. The average molecular weight is 376 g/mol. The third-order valence-corrected chi connectivity index (χ3v) is 6.53. The van der Waals surface area contributed by atoms with Gasteiger partial charge in [-0.3, -0.25) is 4.90 Å². The van der Waals surface area contributed by atoms with Gasteiger partial charge in [0.2, 0.25) is 0 Å². The number of nitrogens with zero attached hydrogens (tertiary/aromatic N) is 4. The number of thioether (sulfide) groups is 1. The van der Waals surface area contributed by atoms with Gasteiger partial charge in [-0.2, -0.15) is 15.8 Å². The van der Waals surface area contributed by atoms with E-state index in [1.165, 1.54) is 0 Å². The molecule has 2 aliphatic rings. The van der Waals surface area contributed by atoms with E-state index in [1.54, 1.807) is 11.8 Å². The molecule has 3 rings (SSSR count). The lowest BCUT2D eigenvalue weighted by atomic mass is 9.54. The van der Waals surface area contributed by atoms with Crippen molar-refractivity contribution in [3.8, 4) is 18.2 Å². The van der Waals surface area contributed by atoms with Crippen LogP contribution in [0.5, 0.6) is 0 Å². The predicted octanol–water partition coefficient (Wildman–Crippen LogP) is 3.58. The number of benzene rings is 1. The summed E-state index contributed by atoms with van der Waals surface area (Å²) in [7, 11) is 0. The fourth-order valence-corrected chi connectivity index (χ4v) is 4.72. The summed E-state index contributed by atoms with van der Waals surface area (Å²) in [5.74, 6) is -1.38. The van der Waals surface area contributed by atoms with Gasteiger partial charge >= 0.3 is 0 Å². The van der Waals surface area contributed by atoms with Gasteiger partial charge in [-0.25, -0.2) is 0 Å². The van der Waals surface area contributed by atoms with Crippen LogP contribution in [0.25, 0.3) is 0 Å². The molecule has 0 amide bonds. The van der Waals surface area contributed by atoms with Crippen LogP contribution in [0.2, 0.25) is 0 Å². The number of hydrogen-bond donors (Lipinski definition) is 1. The number of fused-ring (bicyclic) bond motifs is 1. The Kier molecular flexibility index (Phi) is 5.38. The second-order valence-corrected chi connectivity index (χ2v) is 7.80. The molecule has 0 saturated heterocycles. The van der Waals surface area contributed by atoms with Crippen LogP contribution in [0, 0.1) is 56.7 Å². The first-order valence-corrected chi connectivity index (χ1v) is 10.2. The molecule has 1 heterocycles. The van der Waals surface area contributed by atoms with Crippen LogP contribution in [0.4, 0.5) is 0 Å². The standard InChI is InChI=1S/C21H21N5S/c1-3-26-9-8-16-17(10-22)20(25)21(12-23,13-24)19(18(16)11-26)14-4-6-15(27-2)7-5-14/h4-8,17-19,25H,3,9,11H2,1-2H3/t17?,18-,19+/m1/s1. The van der Waals surface area contributed by atoms with Gasteiger partial charge in [0.05, 0.1) is 23.9 Å². The highest BCUT2D eigenvalue weighted by molar-refractivity contribution is 7.98. The summed E-state index contributed by atoms with van der Waals surface area (Å²) < 4.78 is 0. The molecule has 0 aromatic heterocycles. The molecule has 0 spiro atoms. The van der Waals surface area contributed by atoms with Crippen LogP contribution in [0.15, 0.2) is 40.8 Å². The zero-order valence-electron chi connectivity index (χ0n) is 15.4. The van der Waals surface area contributed by atoms with Crippen molar-refractivity contribution in [2.24, 2.45) is 17.3 Å². The summed E-state index contributed by atoms with van der Waals surface area (Å²) in [6.07, 6.45) is 4.03. The molecule has 1 fully saturated rings. The van der Waals surface area contributed by atoms with Crippen LogP contribution >= 0.6 is 11.8 Å². The molecule has 0 bridgehead atoms. The Morgan fingerprint density at radius 1 is 1.22 bits per heavy atom. The van der Waals surface area contributed by atoms with Gasteiger partial charge in [0.15, 0.2) is 5.41 Å². The minimum atomic E-state index is -1.62. The Morgan fingerprint density at radius 3 is 2.41 bits per heavy atom. The molecule has 0 radical (unpaired) electrons. The summed E-state index contributed by atoms with van der Waals surface area (Å²) >= 11 is 1.63. The third-order valence-electron chi connectivity index (χ3n) is 5.79. The molecule has 1 saturated carbocycles. The van der Waals surface area contributed by atoms with Crippen molar-refractivity contribution in [1.82, 2.24) is 4.90 Å². The van der Waals surface area contributed by atoms with E-state index in [9.17, 15) is 15.8 Å². The van der Waals surface area contributed by atoms with Gasteiger partial charge in [0.25, 0.3) is 0 Å². The lowest BCUT2D eigenvalue weighted by Gasteiger charge is -2.47. The smallest absolute Gasteiger partial charge is 0.189 e. The average Bonchev–Trinajstić information content (AvgIpc) is 2.73. The maximum atomic E-state index is 10.0. The van der Waals surface area contributed by atoms with Gasteiger partial charge in [0.1, 0.15) is 5.92 Å². The largest absolute Gasteiger partial charge is 0.305 e. The Bertz CT molecular complexity index is 882. The lowest BCUT2D eigenvalue weighted by molar-refractivity contribution is 0.212. The molecule has 1 aliphatic carbocycles. The zero-order chi connectivity index (χ0) is 19.6. The zero-order valence-corrected chi connectivity index (χ0v) is 16.3. The van der Waals surface area contributed by atoms with Crippen molar-refractivity contribution in [2.45, 2.75) is 17.7 Å². The summed E-state index contributed by atoms with van der Waals surface area (Å²) in [6.45, 7) is 4.36. The van der Waals surface area contributed by atoms with Gasteiger partial charge in [-0.05, 0) is 36.1 Å². The van der Waals surface area contributed by atoms with Crippen molar-refractivity contribution in [1.29, 1.82) is 21.2 Å². The summed E-state index contributed by atoms with van der Waals surface area (Å²) in [6, 6.07) is 14.4. The molecule has 6 heteroatoms. The van der Waals surface area contributed by atoms with Crippen molar-refractivity contribution in [3.63, 3.8) is 0 Å². The minimum Gasteiger partial charge on any atom is -0.305 e. The molecule has 136 valence electrons. The molecule has 3 atom stereocenters. The second kappa shape index (κ2) is 7.57. The summed E-state index contributed by atoms with van der Waals surface area (Å²) in [5.41, 5.74) is 0.0691. The highest BCUT2D eigenvalue weighted by Gasteiger charge is 2.57. The molecule has 27 heavy (non-hydrogen) atoms. The molecule has 1 aliphatic heterocycles. The van der Waals surface area contributed by atoms with Crippen molar-refractivity contribution >= 4 is 17.5 Å². The predicted molar refractivity (Wildman–Crippen MR) is 105 cm³/mol. The van der Waals surface area contributed by atoms with Gasteiger partial charge in [0, 0.05) is 29.8 Å². The number of nitrogens with one attached hydrogen (secondary N) is 1. The Hall–Kier alpha value is -2.59. The number of rotatable bonds is 3. The number of likely N-dealkylation sites (N-methyl/N-ethyl adjacent to an activating group) is 1. The third kappa shape index (κ3) is 2.94.